The van der Waals surface area contributed by atoms with E-state index in [0.717, 1.165) is 5.56 Å². The van der Waals surface area contributed by atoms with Crippen LogP contribution in [0.5, 0.6) is 5.75 Å². The molecule has 0 radical (unpaired) electrons. The van der Waals surface area contributed by atoms with Gasteiger partial charge in [0.15, 0.2) is 0 Å². The number of benzene rings is 2. The molecule has 0 unspecified atom stereocenters. The Hall–Kier alpha value is -2.71. The minimum atomic E-state index is -3.68. The van der Waals surface area contributed by atoms with Crippen LogP contribution < -0.4 is 9.46 Å². The molecule has 7 nitrogen and oxygen atoms in total. The molecule has 0 aliphatic carbocycles. The predicted octanol–water partition coefficient (Wildman–Crippen LogP) is 2.53. The Morgan fingerprint density at radius 2 is 1.96 bits per heavy atom. The molecular weight excluding hydrogens is 342 g/mol. The molecule has 1 aromatic heterocycles. The van der Waals surface area contributed by atoms with Gasteiger partial charge in [-0.15, -0.1) is 0 Å². The summed E-state index contributed by atoms with van der Waals surface area (Å²) in [5.41, 5.74) is 1.37. The van der Waals surface area contributed by atoms with Crippen molar-refractivity contribution in [2.45, 2.75) is 18.4 Å². The molecular formula is C17H17N3O4S. The van der Waals surface area contributed by atoms with E-state index >= 15 is 0 Å². The van der Waals surface area contributed by atoms with Crippen molar-refractivity contribution in [3.8, 4) is 17.1 Å². The largest absolute Gasteiger partial charge is 0.497 e. The lowest BCUT2D eigenvalue weighted by Crippen LogP contribution is -2.23. The number of aryl methyl sites for hydroxylation is 1. The lowest BCUT2D eigenvalue weighted by Gasteiger charge is -2.08. The fraction of sp³-hybridized carbons (Fsp3) is 0.176. The van der Waals surface area contributed by atoms with Gasteiger partial charge in [-0.3, -0.25) is 0 Å². The molecule has 0 fully saturated rings. The maximum absolute atomic E-state index is 12.5. The third-order valence-corrected chi connectivity index (χ3v) is 4.93. The van der Waals surface area contributed by atoms with E-state index in [9.17, 15) is 8.42 Å². The second-order valence-corrected chi connectivity index (χ2v) is 7.11. The maximum atomic E-state index is 12.5. The molecule has 0 amide bonds. The summed E-state index contributed by atoms with van der Waals surface area (Å²) in [6.45, 7) is 1.83. The van der Waals surface area contributed by atoms with Crippen LogP contribution in [0.4, 0.5) is 0 Å². The smallest absolute Gasteiger partial charge is 0.240 e. The Morgan fingerprint density at radius 1 is 1.16 bits per heavy atom. The molecule has 3 rings (SSSR count). The Kier molecular flexibility index (Phi) is 4.82. The molecule has 1 heterocycles. The van der Waals surface area contributed by atoms with Gasteiger partial charge in [0.05, 0.1) is 12.0 Å². The van der Waals surface area contributed by atoms with Gasteiger partial charge in [-0.05, 0) is 29.8 Å². The summed E-state index contributed by atoms with van der Waals surface area (Å²) in [5, 5.41) is 3.81. The van der Waals surface area contributed by atoms with Crippen molar-refractivity contribution in [1.29, 1.82) is 0 Å². The van der Waals surface area contributed by atoms with Crippen molar-refractivity contribution >= 4 is 10.0 Å². The van der Waals surface area contributed by atoms with Crippen molar-refractivity contribution < 1.29 is 17.7 Å². The molecule has 1 N–H and O–H groups in total. The highest BCUT2D eigenvalue weighted by atomic mass is 32.2. The highest BCUT2D eigenvalue weighted by Gasteiger charge is 2.16. The van der Waals surface area contributed by atoms with Crippen LogP contribution in [-0.4, -0.2) is 25.7 Å². The first-order valence-corrected chi connectivity index (χ1v) is 8.99. The molecule has 0 aliphatic rings. The third kappa shape index (κ3) is 4.04. The van der Waals surface area contributed by atoms with E-state index in [0.29, 0.717) is 23.0 Å². The second kappa shape index (κ2) is 7.04. The average molecular weight is 359 g/mol. The summed E-state index contributed by atoms with van der Waals surface area (Å²) in [6, 6.07) is 13.6. The van der Waals surface area contributed by atoms with Crippen molar-refractivity contribution in [2.24, 2.45) is 0 Å². The third-order valence-electron chi connectivity index (χ3n) is 3.53. The second-order valence-electron chi connectivity index (χ2n) is 5.34. The zero-order chi connectivity index (χ0) is 17.9. The topological polar surface area (TPSA) is 94.3 Å². The number of methoxy groups -OCH3 is 1. The van der Waals surface area contributed by atoms with E-state index < -0.39 is 10.0 Å². The quantitative estimate of drug-likeness (QED) is 0.727. The molecule has 0 saturated heterocycles. The normalized spacial score (nSPS) is 11.4. The maximum Gasteiger partial charge on any atom is 0.240 e. The predicted molar refractivity (Wildman–Crippen MR) is 91.5 cm³/mol. The van der Waals surface area contributed by atoms with Crippen LogP contribution in [0.15, 0.2) is 57.9 Å². The van der Waals surface area contributed by atoms with Gasteiger partial charge in [0.25, 0.3) is 0 Å². The van der Waals surface area contributed by atoms with Gasteiger partial charge < -0.3 is 9.26 Å². The molecule has 0 atom stereocenters. The van der Waals surface area contributed by atoms with E-state index in [1.165, 1.54) is 12.1 Å². The molecule has 2 aromatic carbocycles. The van der Waals surface area contributed by atoms with E-state index in [1.807, 2.05) is 12.1 Å². The Labute approximate surface area is 145 Å². The van der Waals surface area contributed by atoms with Crippen LogP contribution in [0.3, 0.4) is 0 Å². The molecule has 0 saturated carbocycles. The number of nitrogens with zero attached hydrogens (tertiary/aromatic N) is 2. The highest BCUT2D eigenvalue weighted by molar-refractivity contribution is 7.89. The first-order chi connectivity index (χ1) is 12.0. The Balaban J connectivity index is 1.80. The number of hydrogen-bond donors (Lipinski definition) is 1. The van der Waals surface area contributed by atoms with Crippen molar-refractivity contribution in [3.05, 3.63) is 60.0 Å². The zero-order valence-corrected chi connectivity index (χ0v) is 14.6. The molecule has 8 heteroatoms. The van der Waals surface area contributed by atoms with Crippen LogP contribution in [0.1, 0.15) is 11.5 Å². The minimum Gasteiger partial charge on any atom is -0.497 e. The monoisotopic (exact) mass is 359 g/mol. The SMILES string of the molecule is COc1cccc(CNS(=O)(=O)c2cccc(-c3noc(C)n3)c2)c1. The van der Waals surface area contributed by atoms with Crippen LogP contribution in [0.25, 0.3) is 11.4 Å². The summed E-state index contributed by atoms with van der Waals surface area (Å²) in [6.07, 6.45) is 0. The van der Waals surface area contributed by atoms with Crippen LogP contribution >= 0.6 is 0 Å². The fourth-order valence-corrected chi connectivity index (χ4v) is 3.33. The minimum absolute atomic E-state index is 0.135. The molecule has 0 bridgehead atoms. The lowest BCUT2D eigenvalue weighted by molar-refractivity contribution is 0.394. The van der Waals surface area contributed by atoms with Gasteiger partial charge in [-0.1, -0.05) is 29.4 Å². The fourth-order valence-electron chi connectivity index (χ4n) is 2.26. The summed E-state index contributed by atoms with van der Waals surface area (Å²) in [4.78, 5) is 4.24. The van der Waals surface area contributed by atoms with E-state index in [2.05, 4.69) is 14.9 Å². The summed E-state index contributed by atoms with van der Waals surface area (Å²) in [5.74, 6) is 1.44. The lowest BCUT2D eigenvalue weighted by atomic mass is 10.2. The van der Waals surface area contributed by atoms with Crippen LogP contribution in [0.2, 0.25) is 0 Å². The molecule has 130 valence electrons. The summed E-state index contributed by atoms with van der Waals surface area (Å²) in [7, 11) is -2.11. The van der Waals surface area contributed by atoms with Crippen LogP contribution in [-0.2, 0) is 16.6 Å². The number of rotatable bonds is 6. The molecule has 3 aromatic rings. The average Bonchev–Trinajstić information content (AvgIpc) is 3.07. The summed E-state index contributed by atoms with van der Waals surface area (Å²) >= 11 is 0. The zero-order valence-electron chi connectivity index (χ0n) is 13.8. The van der Waals surface area contributed by atoms with E-state index in [1.54, 1.807) is 38.3 Å². The van der Waals surface area contributed by atoms with Crippen molar-refractivity contribution in [2.75, 3.05) is 7.11 Å². The van der Waals surface area contributed by atoms with Gasteiger partial charge in [0.2, 0.25) is 21.7 Å². The number of sulfonamides is 1. The van der Waals surface area contributed by atoms with Crippen LogP contribution in [0, 0.1) is 6.92 Å². The van der Waals surface area contributed by atoms with Gasteiger partial charge in [0.1, 0.15) is 5.75 Å². The van der Waals surface area contributed by atoms with Gasteiger partial charge >= 0.3 is 0 Å². The highest BCUT2D eigenvalue weighted by Crippen LogP contribution is 2.20. The Morgan fingerprint density at radius 3 is 2.68 bits per heavy atom. The number of hydrogen-bond acceptors (Lipinski definition) is 6. The first kappa shape index (κ1) is 17.1. The van der Waals surface area contributed by atoms with Gasteiger partial charge in [-0.2, -0.15) is 4.98 Å². The molecule has 0 aliphatic heterocycles. The molecule has 0 spiro atoms. The first-order valence-electron chi connectivity index (χ1n) is 7.51. The number of ether oxygens (including phenoxy) is 1. The van der Waals surface area contributed by atoms with Crippen molar-refractivity contribution in [1.82, 2.24) is 14.9 Å². The van der Waals surface area contributed by atoms with Gasteiger partial charge in [0, 0.05) is 19.0 Å². The van der Waals surface area contributed by atoms with Gasteiger partial charge in [-0.25, -0.2) is 13.1 Å². The molecule has 25 heavy (non-hydrogen) atoms. The standard InChI is InChI=1S/C17H17N3O4S/c1-12-19-17(20-24-12)14-6-4-8-16(10-14)25(21,22)18-11-13-5-3-7-15(9-13)23-2/h3-10,18H,11H2,1-2H3. The van der Waals surface area contributed by atoms with Crippen molar-refractivity contribution in [3.63, 3.8) is 0 Å². The number of aromatic nitrogens is 2. The summed E-state index contributed by atoms with van der Waals surface area (Å²) < 4.78 is 37.7. The number of nitrogens with one attached hydrogen (secondary N) is 1. The van der Waals surface area contributed by atoms with E-state index in [-0.39, 0.29) is 11.4 Å². The van der Waals surface area contributed by atoms with E-state index in [4.69, 9.17) is 9.26 Å². The Bertz CT molecular complexity index is 983.